The molecular formula is C8H15N3S. The first-order valence-electron chi connectivity index (χ1n) is 4.56. The minimum Gasteiger partial charge on any atom is -0.356 e. The number of thiocarbonyl (C=S) groups is 1. The van der Waals surface area contributed by atoms with E-state index in [1.807, 2.05) is 0 Å². The van der Waals surface area contributed by atoms with E-state index in [-0.39, 0.29) is 0 Å². The molecule has 2 fully saturated rings. The smallest absolute Gasteiger partial charge is 0.181 e. The molecule has 2 rings (SSSR count). The van der Waals surface area contributed by atoms with Gasteiger partial charge in [-0.2, -0.15) is 0 Å². The average molecular weight is 185 g/mol. The Morgan fingerprint density at radius 3 is 3.00 bits per heavy atom. The highest BCUT2D eigenvalue weighted by Gasteiger charge is 2.55. The maximum absolute atomic E-state index is 5.21. The van der Waals surface area contributed by atoms with Gasteiger partial charge in [0, 0.05) is 5.54 Å². The third-order valence-electron chi connectivity index (χ3n) is 3.15. The number of hydrogen-bond acceptors (Lipinski definition) is 2. The first-order chi connectivity index (χ1) is 5.77. The van der Waals surface area contributed by atoms with Crippen molar-refractivity contribution in [1.82, 2.24) is 10.7 Å². The van der Waals surface area contributed by atoms with E-state index in [0.29, 0.717) is 10.7 Å². The fraction of sp³-hybridized carbons (Fsp3) is 0.875. The molecule has 0 amide bonds. The first-order valence-corrected chi connectivity index (χ1v) is 4.96. The van der Waals surface area contributed by atoms with Gasteiger partial charge in [-0.3, -0.25) is 0 Å². The molecule has 2 aliphatic carbocycles. The molecule has 2 saturated carbocycles. The van der Waals surface area contributed by atoms with Crippen LogP contribution in [0.4, 0.5) is 0 Å². The number of hydrazine groups is 1. The molecule has 0 bridgehead atoms. The van der Waals surface area contributed by atoms with E-state index in [0.717, 1.165) is 5.92 Å². The summed E-state index contributed by atoms with van der Waals surface area (Å²) in [4.78, 5) is 0. The molecule has 3 nitrogen and oxygen atoms in total. The molecule has 4 heteroatoms. The Hall–Kier alpha value is -0.350. The Morgan fingerprint density at radius 2 is 2.33 bits per heavy atom. The topological polar surface area (TPSA) is 50.1 Å². The molecular weight excluding hydrogens is 170 g/mol. The van der Waals surface area contributed by atoms with E-state index in [2.05, 4.69) is 10.7 Å². The molecule has 68 valence electrons. The van der Waals surface area contributed by atoms with Crippen LogP contribution in [0.25, 0.3) is 0 Å². The second kappa shape index (κ2) is 2.85. The third-order valence-corrected chi connectivity index (χ3v) is 3.37. The second-order valence-electron chi connectivity index (χ2n) is 3.90. The normalized spacial score (nSPS) is 38.2. The Labute approximate surface area is 78.1 Å². The average Bonchev–Trinajstić information content (AvgIpc) is 2.78. The van der Waals surface area contributed by atoms with E-state index >= 15 is 0 Å². The van der Waals surface area contributed by atoms with Gasteiger partial charge in [-0.25, -0.2) is 5.84 Å². The van der Waals surface area contributed by atoms with Crippen LogP contribution in [0.15, 0.2) is 0 Å². The Balaban J connectivity index is 1.91. The molecule has 2 aliphatic rings. The van der Waals surface area contributed by atoms with Crippen molar-refractivity contribution >= 4 is 17.3 Å². The van der Waals surface area contributed by atoms with Gasteiger partial charge >= 0.3 is 0 Å². The molecule has 0 aromatic heterocycles. The number of rotatable bonds is 1. The molecule has 2 atom stereocenters. The van der Waals surface area contributed by atoms with Crippen LogP contribution >= 0.6 is 12.2 Å². The van der Waals surface area contributed by atoms with Crippen molar-refractivity contribution in [2.45, 2.75) is 37.6 Å². The van der Waals surface area contributed by atoms with Gasteiger partial charge in [-0.15, -0.1) is 0 Å². The van der Waals surface area contributed by atoms with Gasteiger partial charge in [0.05, 0.1) is 0 Å². The summed E-state index contributed by atoms with van der Waals surface area (Å²) >= 11 is 4.99. The van der Waals surface area contributed by atoms with Gasteiger partial charge in [0.1, 0.15) is 0 Å². The molecule has 4 N–H and O–H groups in total. The van der Waals surface area contributed by atoms with Gasteiger partial charge < -0.3 is 10.7 Å². The molecule has 0 aromatic carbocycles. The van der Waals surface area contributed by atoms with Crippen molar-refractivity contribution in [1.29, 1.82) is 0 Å². The maximum Gasteiger partial charge on any atom is 0.181 e. The van der Waals surface area contributed by atoms with Crippen molar-refractivity contribution in [2.75, 3.05) is 0 Å². The van der Waals surface area contributed by atoms with Crippen LogP contribution in [-0.4, -0.2) is 10.7 Å². The lowest BCUT2D eigenvalue weighted by atomic mass is 9.95. The van der Waals surface area contributed by atoms with Crippen LogP contribution in [0, 0.1) is 5.92 Å². The van der Waals surface area contributed by atoms with E-state index < -0.39 is 0 Å². The van der Waals surface area contributed by atoms with E-state index in [1.54, 1.807) is 0 Å². The highest BCUT2D eigenvalue weighted by Crippen LogP contribution is 2.53. The van der Waals surface area contributed by atoms with Crippen LogP contribution in [0.1, 0.15) is 32.1 Å². The summed E-state index contributed by atoms with van der Waals surface area (Å²) in [5.41, 5.74) is 2.82. The minimum atomic E-state index is 0.335. The summed E-state index contributed by atoms with van der Waals surface area (Å²) in [6.45, 7) is 0. The fourth-order valence-electron chi connectivity index (χ4n) is 2.37. The SMILES string of the molecule is NNC(=S)NC12CCCCC1C2. The maximum atomic E-state index is 5.21. The summed E-state index contributed by atoms with van der Waals surface area (Å²) in [6, 6.07) is 0. The number of nitrogens with one attached hydrogen (secondary N) is 2. The van der Waals surface area contributed by atoms with Crippen LogP contribution in [-0.2, 0) is 0 Å². The second-order valence-corrected chi connectivity index (χ2v) is 4.31. The van der Waals surface area contributed by atoms with Gasteiger partial charge in [-0.05, 0) is 37.4 Å². The van der Waals surface area contributed by atoms with Crippen molar-refractivity contribution in [3.63, 3.8) is 0 Å². The van der Waals surface area contributed by atoms with Crippen LogP contribution in [0.5, 0.6) is 0 Å². The lowest BCUT2D eigenvalue weighted by Crippen LogP contribution is -2.47. The summed E-state index contributed by atoms with van der Waals surface area (Å²) in [5, 5.41) is 3.91. The monoisotopic (exact) mass is 185 g/mol. The lowest BCUT2D eigenvalue weighted by molar-refractivity contribution is 0.397. The summed E-state index contributed by atoms with van der Waals surface area (Å²) in [6.07, 6.45) is 6.63. The van der Waals surface area contributed by atoms with Gasteiger partial charge in [0.25, 0.3) is 0 Å². The Morgan fingerprint density at radius 1 is 1.50 bits per heavy atom. The molecule has 12 heavy (non-hydrogen) atoms. The van der Waals surface area contributed by atoms with E-state index in [1.165, 1.54) is 32.1 Å². The molecule has 0 saturated heterocycles. The highest BCUT2D eigenvalue weighted by atomic mass is 32.1. The molecule has 0 aliphatic heterocycles. The summed E-state index contributed by atoms with van der Waals surface area (Å²) in [7, 11) is 0. The summed E-state index contributed by atoms with van der Waals surface area (Å²) in [5.74, 6) is 6.07. The zero-order valence-corrected chi connectivity index (χ0v) is 7.91. The van der Waals surface area contributed by atoms with Gasteiger partial charge in [0.2, 0.25) is 0 Å². The molecule has 0 aromatic rings. The van der Waals surface area contributed by atoms with Crippen molar-refractivity contribution in [3.8, 4) is 0 Å². The van der Waals surface area contributed by atoms with E-state index in [9.17, 15) is 0 Å². The Kier molecular flexibility index (Phi) is 1.96. The zero-order valence-electron chi connectivity index (χ0n) is 7.10. The quantitative estimate of drug-likeness (QED) is 0.319. The van der Waals surface area contributed by atoms with E-state index in [4.69, 9.17) is 18.1 Å². The number of hydrogen-bond donors (Lipinski definition) is 3. The third kappa shape index (κ3) is 1.29. The van der Waals surface area contributed by atoms with Crippen LogP contribution in [0.3, 0.4) is 0 Å². The predicted octanol–water partition coefficient (Wildman–Crippen LogP) is 0.657. The zero-order chi connectivity index (χ0) is 8.60. The highest BCUT2D eigenvalue weighted by molar-refractivity contribution is 7.80. The number of fused-ring (bicyclic) bond motifs is 1. The minimum absolute atomic E-state index is 0.335. The van der Waals surface area contributed by atoms with Crippen LogP contribution < -0.4 is 16.6 Å². The van der Waals surface area contributed by atoms with Gasteiger partial charge in [-0.1, -0.05) is 12.8 Å². The predicted molar refractivity (Wildman–Crippen MR) is 52.4 cm³/mol. The van der Waals surface area contributed by atoms with Crippen LogP contribution in [0.2, 0.25) is 0 Å². The first kappa shape index (κ1) is 8.26. The van der Waals surface area contributed by atoms with Gasteiger partial charge in [0.15, 0.2) is 5.11 Å². The Bertz CT molecular complexity index is 206. The van der Waals surface area contributed by atoms with Crippen molar-refractivity contribution < 1.29 is 0 Å². The van der Waals surface area contributed by atoms with Crippen molar-refractivity contribution in [3.05, 3.63) is 0 Å². The summed E-state index contributed by atoms with van der Waals surface area (Å²) < 4.78 is 0. The standard InChI is InChI=1S/C8H15N3S/c9-11-7(12)10-8-4-2-1-3-6(8)5-8/h6H,1-5,9H2,(H2,10,11,12). The molecule has 2 unspecified atom stereocenters. The number of nitrogens with two attached hydrogens (primary N) is 1. The fourth-order valence-corrected chi connectivity index (χ4v) is 2.58. The largest absolute Gasteiger partial charge is 0.356 e. The lowest BCUT2D eigenvalue weighted by Gasteiger charge is -2.24. The molecule has 0 radical (unpaired) electrons. The van der Waals surface area contributed by atoms with Crippen molar-refractivity contribution in [2.24, 2.45) is 11.8 Å². The molecule has 0 spiro atoms. The molecule has 0 heterocycles.